The number of carbonyl (C=O) groups is 2. The standard InChI is InChI=1S/C25H20N2O2/c1-17-25(24(29)27(26-17)20-15-9-4-10-16-20)21(18-11-5-2-6-12-18)22(25)23(28)19-13-7-3-8-14-19/h2-16,21-22H,1H3/t21-,22+,25-/m1/s1. The molecule has 3 aromatic carbocycles. The highest BCUT2D eigenvalue weighted by molar-refractivity contribution is 6.27. The molecule has 4 heteroatoms. The number of nitrogens with zero attached hydrogens (tertiary/aromatic N) is 2. The molecule has 1 spiro atoms. The lowest BCUT2D eigenvalue weighted by Crippen LogP contribution is -2.32. The van der Waals surface area contributed by atoms with Gasteiger partial charge in [0.05, 0.1) is 17.3 Å². The Hall–Kier alpha value is -3.53. The van der Waals surface area contributed by atoms with Crippen molar-refractivity contribution in [1.29, 1.82) is 0 Å². The Morgan fingerprint density at radius 3 is 2.03 bits per heavy atom. The Balaban J connectivity index is 1.60. The van der Waals surface area contributed by atoms with E-state index in [2.05, 4.69) is 5.10 Å². The lowest BCUT2D eigenvalue weighted by molar-refractivity contribution is -0.121. The topological polar surface area (TPSA) is 49.7 Å². The number of para-hydroxylation sites is 1. The number of rotatable bonds is 4. The molecule has 1 heterocycles. The van der Waals surface area contributed by atoms with Crippen LogP contribution in [0.5, 0.6) is 0 Å². The van der Waals surface area contributed by atoms with Crippen molar-refractivity contribution >= 4 is 23.1 Å². The summed E-state index contributed by atoms with van der Waals surface area (Å²) in [5.41, 5.74) is 2.14. The fourth-order valence-corrected chi connectivity index (χ4v) is 4.71. The predicted octanol–water partition coefficient (Wildman–Crippen LogP) is 4.69. The summed E-state index contributed by atoms with van der Waals surface area (Å²) in [6, 6.07) is 28.5. The second kappa shape index (κ2) is 6.52. The van der Waals surface area contributed by atoms with Gasteiger partial charge in [-0.2, -0.15) is 10.1 Å². The zero-order valence-corrected chi connectivity index (χ0v) is 16.0. The molecule has 0 saturated heterocycles. The van der Waals surface area contributed by atoms with Crippen LogP contribution in [0.25, 0.3) is 0 Å². The maximum Gasteiger partial charge on any atom is 0.260 e. The second-order valence-corrected chi connectivity index (χ2v) is 7.60. The van der Waals surface area contributed by atoms with Gasteiger partial charge < -0.3 is 0 Å². The molecular formula is C25H20N2O2. The van der Waals surface area contributed by atoms with Crippen molar-refractivity contribution in [3.63, 3.8) is 0 Å². The average molecular weight is 380 g/mol. The number of Topliss-reactive ketones (excluding diaryl/α,β-unsaturated/α-hetero) is 1. The fourth-order valence-electron chi connectivity index (χ4n) is 4.71. The van der Waals surface area contributed by atoms with Crippen LogP contribution in [0.4, 0.5) is 5.69 Å². The number of hydrogen-bond acceptors (Lipinski definition) is 3. The fraction of sp³-hybridized carbons (Fsp3) is 0.160. The minimum atomic E-state index is -0.913. The van der Waals surface area contributed by atoms with Gasteiger partial charge in [0, 0.05) is 11.5 Å². The van der Waals surface area contributed by atoms with E-state index in [9.17, 15) is 9.59 Å². The molecule has 142 valence electrons. The van der Waals surface area contributed by atoms with Crippen LogP contribution in [0.2, 0.25) is 0 Å². The maximum atomic E-state index is 13.7. The number of ketones is 1. The number of hydrogen-bond donors (Lipinski definition) is 0. The number of anilines is 1. The van der Waals surface area contributed by atoms with Gasteiger partial charge in [-0.25, -0.2) is 0 Å². The van der Waals surface area contributed by atoms with E-state index < -0.39 is 11.3 Å². The molecule has 4 nitrogen and oxygen atoms in total. The predicted molar refractivity (Wildman–Crippen MR) is 113 cm³/mol. The quantitative estimate of drug-likeness (QED) is 0.617. The number of amides is 1. The normalized spacial score (nSPS) is 25.2. The van der Waals surface area contributed by atoms with Gasteiger partial charge in [0.1, 0.15) is 5.41 Å². The first-order valence-corrected chi connectivity index (χ1v) is 9.75. The van der Waals surface area contributed by atoms with E-state index in [4.69, 9.17) is 0 Å². The minimum absolute atomic E-state index is 0.00253. The highest BCUT2D eigenvalue weighted by atomic mass is 16.2. The summed E-state index contributed by atoms with van der Waals surface area (Å²) in [4.78, 5) is 27.1. The first kappa shape index (κ1) is 17.6. The molecule has 0 aromatic heterocycles. The van der Waals surface area contributed by atoms with Crippen LogP contribution in [0.1, 0.15) is 28.8 Å². The molecule has 1 aliphatic heterocycles. The highest BCUT2D eigenvalue weighted by Gasteiger charge is 2.77. The van der Waals surface area contributed by atoms with Gasteiger partial charge in [-0.1, -0.05) is 78.9 Å². The lowest BCUT2D eigenvalue weighted by atomic mass is 9.92. The number of carbonyl (C=O) groups excluding carboxylic acids is 2. The minimum Gasteiger partial charge on any atom is -0.294 e. The van der Waals surface area contributed by atoms with Gasteiger partial charge in [-0.15, -0.1) is 0 Å². The zero-order chi connectivity index (χ0) is 20.0. The molecule has 2 aliphatic rings. The highest BCUT2D eigenvalue weighted by Crippen LogP contribution is 2.69. The van der Waals surface area contributed by atoms with E-state index in [0.717, 1.165) is 11.3 Å². The summed E-state index contributed by atoms with van der Waals surface area (Å²) >= 11 is 0. The first-order chi connectivity index (χ1) is 14.2. The van der Waals surface area contributed by atoms with Gasteiger partial charge in [-0.3, -0.25) is 9.59 Å². The van der Waals surface area contributed by atoms with E-state index in [0.29, 0.717) is 11.3 Å². The molecule has 29 heavy (non-hydrogen) atoms. The Morgan fingerprint density at radius 1 is 0.862 bits per heavy atom. The van der Waals surface area contributed by atoms with E-state index in [1.165, 1.54) is 5.01 Å². The van der Waals surface area contributed by atoms with E-state index >= 15 is 0 Å². The van der Waals surface area contributed by atoms with Crippen LogP contribution >= 0.6 is 0 Å². The third-order valence-electron chi connectivity index (χ3n) is 6.10. The third-order valence-corrected chi connectivity index (χ3v) is 6.10. The van der Waals surface area contributed by atoms with Crippen LogP contribution in [0.15, 0.2) is 96.1 Å². The summed E-state index contributed by atoms with van der Waals surface area (Å²) in [5, 5.41) is 6.07. The van der Waals surface area contributed by atoms with E-state index in [-0.39, 0.29) is 17.6 Å². The van der Waals surface area contributed by atoms with Crippen LogP contribution in [-0.4, -0.2) is 17.4 Å². The number of benzene rings is 3. The molecule has 0 radical (unpaired) electrons. The van der Waals surface area contributed by atoms with Crippen molar-refractivity contribution < 1.29 is 9.59 Å². The smallest absolute Gasteiger partial charge is 0.260 e. The third kappa shape index (κ3) is 2.49. The lowest BCUT2D eigenvalue weighted by Gasteiger charge is -2.15. The van der Waals surface area contributed by atoms with Gasteiger partial charge >= 0.3 is 0 Å². The van der Waals surface area contributed by atoms with Gasteiger partial charge in [-0.05, 0) is 24.6 Å². The first-order valence-electron chi connectivity index (χ1n) is 9.75. The summed E-state index contributed by atoms with van der Waals surface area (Å²) in [6.07, 6.45) is 0. The Bertz CT molecular complexity index is 1110. The monoisotopic (exact) mass is 380 g/mol. The Labute approximate surface area is 169 Å². The maximum absolute atomic E-state index is 13.7. The van der Waals surface area contributed by atoms with Crippen LogP contribution in [-0.2, 0) is 4.79 Å². The van der Waals surface area contributed by atoms with Crippen LogP contribution in [0.3, 0.4) is 0 Å². The summed E-state index contributed by atoms with van der Waals surface area (Å²) in [6.45, 7) is 1.87. The van der Waals surface area contributed by atoms with Crippen molar-refractivity contribution in [3.05, 3.63) is 102 Å². The largest absolute Gasteiger partial charge is 0.294 e. The van der Waals surface area contributed by atoms with Gasteiger partial charge in [0.15, 0.2) is 5.78 Å². The molecule has 0 bridgehead atoms. The summed E-state index contributed by atoms with van der Waals surface area (Å²) < 4.78 is 0. The van der Waals surface area contributed by atoms with Gasteiger partial charge in [0.2, 0.25) is 0 Å². The van der Waals surface area contributed by atoms with Crippen molar-refractivity contribution in [3.8, 4) is 0 Å². The molecule has 5 rings (SSSR count). The summed E-state index contributed by atoms with van der Waals surface area (Å²) in [7, 11) is 0. The SMILES string of the molecule is CC1=NN(c2ccccc2)C(=O)[C@]12[C@H](C(=O)c1ccccc1)[C@H]2c1ccccc1. The van der Waals surface area contributed by atoms with Crippen LogP contribution < -0.4 is 5.01 Å². The molecule has 1 saturated carbocycles. The Kier molecular flexibility index (Phi) is 3.95. The van der Waals surface area contributed by atoms with Crippen LogP contribution in [0, 0.1) is 11.3 Å². The Morgan fingerprint density at radius 2 is 1.41 bits per heavy atom. The molecule has 3 aromatic rings. The molecular weight excluding hydrogens is 360 g/mol. The van der Waals surface area contributed by atoms with Crippen molar-refractivity contribution in [1.82, 2.24) is 0 Å². The van der Waals surface area contributed by atoms with Crippen molar-refractivity contribution in [2.75, 3.05) is 5.01 Å². The second-order valence-electron chi connectivity index (χ2n) is 7.60. The molecule has 1 amide bonds. The molecule has 0 N–H and O–H groups in total. The summed E-state index contributed by atoms with van der Waals surface area (Å²) in [5.74, 6) is -0.778. The molecule has 1 aliphatic carbocycles. The molecule has 1 fully saturated rings. The van der Waals surface area contributed by atoms with E-state index in [1.807, 2.05) is 97.9 Å². The molecule has 3 atom stereocenters. The molecule has 0 unspecified atom stereocenters. The van der Waals surface area contributed by atoms with Crippen molar-refractivity contribution in [2.45, 2.75) is 12.8 Å². The average Bonchev–Trinajstić information content (AvgIpc) is 3.42. The van der Waals surface area contributed by atoms with Crippen molar-refractivity contribution in [2.24, 2.45) is 16.4 Å². The van der Waals surface area contributed by atoms with E-state index in [1.54, 1.807) is 0 Å². The van der Waals surface area contributed by atoms with Gasteiger partial charge in [0.25, 0.3) is 5.91 Å². The zero-order valence-electron chi connectivity index (χ0n) is 16.0. The number of hydrazone groups is 1.